The van der Waals surface area contributed by atoms with Gasteiger partial charge in [-0.1, -0.05) is 41.3 Å². The van der Waals surface area contributed by atoms with Gasteiger partial charge in [0.25, 0.3) is 10.0 Å². The number of nitrogens with one attached hydrogen (secondary N) is 1. The summed E-state index contributed by atoms with van der Waals surface area (Å²) in [4.78, 5) is 12.5. The summed E-state index contributed by atoms with van der Waals surface area (Å²) in [5.41, 5.74) is 0.169. The number of anilines is 2. The Bertz CT molecular complexity index is 1060. The molecule has 0 bridgehead atoms. The number of carbonyl (C=O) groups excluding carboxylic acids is 1. The lowest BCUT2D eigenvalue weighted by atomic mass is 10.3. The maximum Gasteiger partial charge on any atom is 0.264 e. The fraction of sp³-hybridized carbons (Fsp3) is 0.118. The third kappa shape index (κ3) is 4.66. The molecule has 1 heterocycles. The molecule has 3 rings (SSSR count). The topological polar surface area (TPSA) is 92.3 Å². The average Bonchev–Trinajstić information content (AvgIpc) is 3.15. The molecule has 0 unspecified atom stereocenters. The van der Waals surface area contributed by atoms with Crippen LogP contribution in [0.2, 0.25) is 0 Å². The molecule has 146 valence electrons. The van der Waals surface area contributed by atoms with E-state index in [1.807, 2.05) is 6.26 Å². The van der Waals surface area contributed by atoms with Crippen LogP contribution in [0.15, 0.2) is 63.8 Å². The van der Waals surface area contributed by atoms with E-state index in [9.17, 15) is 17.6 Å². The maximum atomic E-state index is 13.3. The summed E-state index contributed by atoms with van der Waals surface area (Å²) in [5, 5.41) is 10.5. The molecule has 1 aromatic heterocycles. The van der Waals surface area contributed by atoms with Gasteiger partial charge >= 0.3 is 0 Å². The Labute approximate surface area is 169 Å². The molecular formula is C17H15FN4O3S3. The number of hydrogen-bond acceptors (Lipinski definition) is 7. The first kappa shape index (κ1) is 20.2. The van der Waals surface area contributed by atoms with Crippen molar-refractivity contribution in [2.45, 2.75) is 9.24 Å². The molecule has 0 radical (unpaired) electrons. The van der Waals surface area contributed by atoms with E-state index in [4.69, 9.17) is 0 Å². The van der Waals surface area contributed by atoms with Crippen LogP contribution in [0.1, 0.15) is 0 Å². The molecule has 0 aliphatic heterocycles. The fourth-order valence-corrected chi connectivity index (χ4v) is 4.90. The third-order valence-electron chi connectivity index (χ3n) is 3.56. The predicted octanol–water partition coefficient (Wildman–Crippen LogP) is 3.23. The second-order valence-corrected chi connectivity index (χ2v) is 9.32. The smallest absolute Gasteiger partial charge is 0.264 e. The molecule has 7 nitrogen and oxygen atoms in total. The summed E-state index contributed by atoms with van der Waals surface area (Å²) >= 11 is 2.56. The minimum atomic E-state index is -4.04. The largest absolute Gasteiger partial charge is 0.299 e. The highest BCUT2D eigenvalue weighted by Gasteiger charge is 2.27. The Morgan fingerprint density at radius 3 is 2.43 bits per heavy atom. The van der Waals surface area contributed by atoms with Crippen molar-refractivity contribution in [2.75, 3.05) is 22.4 Å². The fourth-order valence-electron chi connectivity index (χ4n) is 2.27. The number of rotatable bonds is 7. The van der Waals surface area contributed by atoms with Gasteiger partial charge < -0.3 is 0 Å². The Morgan fingerprint density at radius 1 is 1.14 bits per heavy atom. The molecule has 11 heteroatoms. The number of thioether (sulfide) groups is 1. The van der Waals surface area contributed by atoms with Crippen molar-refractivity contribution < 1.29 is 17.6 Å². The Hall–Kier alpha value is -2.50. The van der Waals surface area contributed by atoms with Gasteiger partial charge in [0, 0.05) is 0 Å². The van der Waals surface area contributed by atoms with Crippen molar-refractivity contribution in [3.05, 3.63) is 60.4 Å². The highest BCUT2D eigenvalue weighted by molar-refractivity contribution is 8.00. The van der Waals surface area contributed by atoms with Crippen molar-refractivity contribution >= 4 is 49.8 Å². The zero-order chi connectivity index (χ0) is 20.1. The van der Waals surface area contributed by atoms with Gasteiger partial charge in [-0.15, -0.1) is 10.2 Å². The van der Waals surface area contributed by atoms with E-state index in [0.717, 1.165) is 16.4 Å². The van der Waals surface area contributed by atoms with Gasteiger partial charge in [0.15, 0.2) is 4.34 Å². The molecule has 0 aliphatic carbocycles. The van der Waals surface area contributed by atoms with Crippen LogP contribution in [0.25, 0.3) is 0 Å². The number of halogens is 1. The van der Waals surface area contributed by atoms with Gasteiger partial charge in [0.1, 0.15) is 12.4 Å². The molecule has 0 fully saturated rings. The van der Waals surface area contributed by atoms with Gasteiger partial charge in [-0.3, -0.25) is 14.4 Å². The number of sulfonamides is 1. The van der Waals surface area contributed by atoms with Gasteiger partial charge in [-0.05, 0) is 42.7 Å². The summed E-state index contributed by atoms with van der Waals surface area (Å²) in [6.45, 7) is -0.503. The van der Waals surface area contributed by atoms with E-state index in [1.54, 1.807) is 18.2 Å². The van der Waals surface area contributed by atoms with E-state index >= 15 is 0 Å². The lowest BCUT2D eigenvalue weighted by Gasteiger charge is -2.23. The van der Waals surface area contributed by atoms with Crippen LogP contribution in [0.5, 0.6) is 0 Å². The van der Waals surface area contributed by atoms with Crippen molar-refractivity contribution in [3.63, 3.8) is 0 Å². The van der Waals surface area contributed by atoms with Gasteiger partial charge in [-0.25, -0.2) is 12.8 Å². The first-order valence-corrected chi connectivity index (χ1v) is 11.4. The summed E-state index contributed by atoms with van der Waals surface area (Å²) in [6, 6.07) is 12.6. The molecule has 0 spiro atoms. The van der Waals surface area contributed by atoms with Crippen molar-refractivity contribution in [1.82, 2.24) is 10.2 Å². The summed E-state index contributed by atoms with van der Waals surface area (Å²) in [5.74, 6) is -1.10. The van der Waals surface area contributed by atoms with Crippen LogP contribution in [0.4, 0.5) is 15.2 Å². The highest BCUT2D eigenvalue weighted by Crippen LogP contribution is 2.25. The minimum absolute atomic E-state index is 0.0210. The highest BCUT2D eigenvalue weighted by atomic mass is 32.2. The van der Waals surface area contributed by atoms with Crippen LogP contribution in [0.3, 0.4) is 0 Å². The average molecular weight is 439 g/mol. The van der Waals surface area contributed by atoms with E-state index in [2.05, 4.69) is 15.5 Å². The van der Waals surface area contributed by atoms with E-state index in [1.165, 1.54) is 47.4 Å². The number of amides is 1. The summed E-state index contributed by atoms with van der Waals surface area (Å²) in [6.07, 6.45) is 1.83. The van der Waals surface area contributed by atoms with Gasteiger partial charge in [-0.2, -0.15) is 0 Å². The number of hydrogen-bond donors (Lipinski definition) is 1. The lowest BCUT2D eigenvalue weighted by molar-refractivity contribution is -0.114. The molecule has 0 aliphatic rings. The van der Waals surface area contributed by atoms with Crippen molar-refractivity contribution in [2.24, 2.45) is 0 Å². The molecule has 1 amide bonds. The van der Waals surface area contributed by atoms with Crippen LogP contribution >= 0.6 is 23.1 Å². The predicted molar refractivity (Wildman–Crippen MR) is 108 cm³/mol. The summed E-state index contributed by atoms with van der Waals surface area (Å²) in [7, 11) is -4.04. The maximum absolute atomic E-state index is 13.3. The monoisotopic (exact) mass is 438 g/mol. The molecule has 0 atom stereocenters. The molecule has 3 aromatic rings. The molecule has 1 N–H and O–H groups in total. The van der Waals surface area contributed by atoms with Crippen LogP contribution in [-0.4, -0.2) is 37.3 Å². The first-order valence-electron chi connectivity index (χ1n) is 7.91. The SMILES string of the molecule is CSc1nnc(NC(=O)CN(c2ccc(F)cc2)S(=O)(=O)c2ccccc2)s1. The van der Waals surface area contributed by atoms with E-state index in [-0.39, 0.29) is 15.7 Å². The van der Waals surface area contributed by atoms with Crippen LogP contribution < -0.4 is 9.62 Å². The normalized spacial score (nSPS) is 11.2. The number of aromatic nitrogens is 2. The standard InChI is InChI=1S/C17H15FN4O3S3/c1-26-17-21-20-16(27-17)19-15(23)11-22(13-9-7-12(18)8-10-13)28(24,25)14-5-3-2-4-6-14/h2-10H,11H2,1H3,(H,19,20,23). The second kappa shape index (κ2) is 8.67. The van der Waals surface area contributed by atoms with Gasteiger partial charge in [0.2, 0.25) is 11.0 Å². The molecular weight excluding hydrogens is 423 g/mol. The molecule has 0 saturated heterocycles. The minimum Gasteiger partial charge on any atom is -0.299 e. The van der Waals surface area contributed by atoms with Crippen LogP contribution in [0, 0.1) is 5.82 Å². The number of carbonyl (C=O) groups is 1. The zero-order valence-electron chi connectivity index (χ0n) is 14.6. The number of benzene rings is 2. The van der Waals surface area contributed by atoms with E-state index < -0.39 is 28.3 Å². The first-order chi connectivity index (χ1) is 13.4. The zero-order valence-corrected chi connectivity index (χ0v) is 17.0. The van der Waals surface area contributed by atoms with E-state index in [0.29, 0.717) is 4.34 Å². The molecule has 28 heavy (non-hydrogen) atoms. The molecule has 2 aromatic carbocycles. The van der Waals surface area contributed by atoms with Crippen LogP contribution in [-0.2, 0) is 14.8 Å². The van der Waals surface area contributed by atoms with Gasteiger partial charge in [0.05, 0.1) is 10.6 Å². The lowest BCUT2D eigenvalue weighted by Crippen LogP contribution is -2.38. The Kier molecular flexibility index (Phi) is 6.27. The quantitative estimate of drug-likeness (QED) is 0.450. The number of nitrogens with zero attached hydrogens (tertiary/aromatic N) is 3. The molecule has 0 saturated carbocycles. The Morgan fingerprint density at radius 2 is 1.82 bits per heavy atom. The van der Waals surface area contributed by atoms with Crippen molar-refractivity contribution in [3.8, 4) is 0 Å². The van der Waals surface area contributed by atoms with Crippen molar-refractivity contribution in [1.29, 1.82) is 0 Å². The second-order valence-electron chi connectivity index (χ2n) is 5.43. The Balaban J connectivity index is 1.90. The third-order valence-corrected chi connectivity index (χ3v) is 7.16. The summed E-state index contributed by atoms with van der Waals surface area (Å²) < 4.78 is 41.0.